The fourth-order valence-corrected chi connectivity index (χ4v) is 2.14. The molecule has 1 fully saturated rings. The molecule has 6 nitrogen and oxygen atoms in total. The van der Waals surface area contributed by atoms with Crippen LogP contribution in [0.2, 0.25) is 0 Å². The van der Waals surface area contributed by atoms with Gasteiger partial charge in [0, 0.05) is 12.7 Å². The average molecular weight is 236 g/mol. The Balaban J connectivity index is 2.24. The number of aromatic nitrogens is 1. The van der Waals surface area contributed by atoms with E-state index in [1.165, 1.54) is 0 Å². The van der Waals surface area contributed by atoms with Crippen LogP contribution in [0.25, 0.3) is 0 Å². The van der Waals surface area contributed by atoms with Crippen molar-refractivity contribution in [3.8, 4) is 0 Å². The van der Waals surface area contributed by atoms with E-state index >= 15 is 0 Å². The lowest BCUT2D eigenvalue weighted by molar-refractivity contribution is 0.0678. The van der Waals surface area contributed by atoms with Gasteiger partial charge in [0.2, 0.25) is 0 Å². The molecule has 1 saturated heterocycles. The molecule has 1 atom stereocenters. The lowest BCUT2D eigenvalue weighted by atomic mass is 10.2. The van der Waals surface area contributed by atoms with Gasteiger partial charge in [-0.05, 0) is 25.0 Å². The highest BCUT2D eigenvalue weighted by atomic mass is 16.3. The first kappa shape index (κ1) is 11.8. The van der Waals surface area contributed by atoms with E-state index in [4.69, 9.17) is 5.84 Å². The summed E-state index contributed by atoms with van der Waals surface area (Å²) >= 11 is 0. The lowest BCUT2D eigenvalue weighted by Crippen LogP contribution is -2.38. The van der Waals surface area contributed by atoms with Gasteiger partial charge in [0.15, 0.2) is 5.82 Å². The van der Waals surface area contributed by atoms with Gasteiger partial charge >= 0.3 is 0 Å². The van der Waals surface area contributed by atoms with Crippen molar-refractivity contribution >= 4 is 11.7 Å². The minimum atomic E-state index is -0.136. The van der Waals surface area contributed by atoms with Crippen LogP contribution in [-0.2, 0) is 0 Å². The van der Waals surface area contributed by atoms with E-state index in [0.717, 1.165) is 12.8 Å². The first-order valence-corrected chi connectivity index (χ1v) is 5.61. The van der Waals surface area contributed by atoms with Crippen molar-refractivity contribution < 1.29 is 9.90 Å². The van der Waals surface area contributed by atoms with Crippen molar-refractivity contribution in [2.75, 3.05) is 18.6 Å². The number of aliphatic hydroxyl groups is 1. The highest BCUT2D eigenvalue weighted by molar-refractivity contribution is 5.98. The van der Waals surface area contributed by atoms with Crippen molar-refractivity contribution in [3.63, 3.8) is 0 Å². The topological polar surface area (TPSA) is 91.5 Å². The van der Waals surface area contributed by atoms with Crippen molar-refractivity contribution in [2.24, 2.45) is 5.84 Å². The third-order valence-electron chi connectivity index (χ3n) is 3.02. The third kappa shape index (κ3) is 2.22. The largest absolute Gasteiger partial charge is 0.394 e. The number of nitrogens with zero attached hydrogens (tertiary/aromatic N) is 2. The van der Waals surface area contributed by atoms with E-state index in [9.17, 15) is 9.90 Å². The smallest absolute Gasteiger partial charge is 0.257 e. The summed E-state index contributed by atoms with van der Waals surface area (Å²) in [4.78, 5) is 17.9. The zero-order chi connectivity index (χ0) is 12.3. The summed E-state index contributed by atoms with van der Waals surface area (Å²) in [6, 6.07) is 3.28. The molecule has 1 aliphatic rings. The molecule has 2 heterocycles. The Bertz CT molecular complexity index is 410. The lowest BCUT2D eigenvalue weighted by Gasteiger charge is -2.23. The van der Waals surface area contributed by atoms with Gasteiger partial charge in [-0.3, -0.25) is 4.79 Å². The molecule has 4 N–H and O–H groups in total. The summed E-state index contributed by atoms with van der Waals surface area (Å²) in [5.41, 5.74) is 2.85. The Morgan fingerprint density at radius 2 is 2.53 bits per heavy atom. The Morgan fingerprint density at radius 3 is 3.24 bits per heavy atom. The van der Waals surface area contributed by atoms with Crippen molar-refractivity contribution in [1.82, 2.24) is 9.88 Å². The summed E-state index contributed by atoms with van der Waals surface area (Å²) < 4.78 is 0. The van der Waals surface area contributed by atoms with Crippen LogP contribution < -0.4 is 11.3 Å². The van der Waals surface area contributed by atoms with Crippen molar-refractivity contribution in [2.45, 2.75) is 18.9 Å². The number of hydrogen-bond donors (Lipinski definition) is 3. The Kier molecular flexibility index (Phi) is 3.55. The second kappa shape index (κ2) is 5.11. The summed E-state index contributed by atoms with van der Waals surface area (Å²) in [6.45, 7) is 0.667. The molecule has 1 aliphatic heterocycles. The van der Waals surface area contributed by atoms with Gasteiger partial charge in [-0.25, -0.2) is 10.8 Å². The van der Waals surface area contributed by atoms with Gasteiger partial charge in [0.1, 0.15) is 0 Å². The number of pyridine rings is 1. The maximum absolute atomic E-state index is 12.3. The molecule has 1 unspecified atom stereocenters. The van der Waals surface area contributed by atoms with Gasteiger partial charge in [-0.1, -0.05) is 0 Å². The van der Waals surface area contributed by atoms with Crippen LogP contribution in [0.1, 0.15) is 23.2 Å². The number of aliphatic hydroxyl groups excluding tert-OH is 1. The highest BCUT2D eigenvalue weighted by Crippen LogP contribution is 2.21. The molecule has 1 aromatic heterocycles. The van der Waals surface area contributed by atoms with Crippen LogP contribution in [0.4, 0.5) is 5.82 Å². The summed E-state index contributed by atoms with van der Waals surface area (Å²) in [5, 5.41) is 9.21. The first-order chi connectivity index (χ1) is 8.27. The molecule has 1 amide bonds. The number of nitrogens with two attached hydrogens (primary N) is 1. The minimum absolute atomic E-state index is 0.00259. The fourth-order valence-electron chi connectivity index (χ4n) is 2.14. The SMILES string of the molecule is NNc1ncccc1C(=O)N1CCCC1CO. The third-order valence-corrected chi connectivity index (χ3v) is 3.02. The number of rotatable bonds is 3. The van der Waals surface area contributed by atoms with Crippen LogP contribution in [0, 0.1) is 0 Å². The number of carbonyl (C=O) groups excluding carboxylic acids is 1. The standard InChI is InChI=1S/C11H16N4O2/c12-14-10-9(4-1-5-13-10)11(17)15-6-2-3-8(15)7-16/h1,4-5,8,16H,2-3,6-7,12H2,(H,13,14). The molecule has 0 saturated carbocycles. The van der Waals surface area contributed by atoms with Gasteiger partial charge in [-0.2, -0.15) is 0 Å². The van der Waals surface area contributed by atoms with E-state index < -0.39 is 0 Å². The molecule has 0 aliphatic carbocycles. The van der Waals surface area contributed by atoms with Crippen molar-refractivity contribution in [1.29, 1.82) is 0 Å². The first-order valence-electron chi connectivity index (χ1n) is 5.61. The van der Waals surface area contributed by atoms with E-state index in [1.54, 1.807) is 23.2 Å². The van der Waals surface area contributed by atoms with E-state index in [2.05, 4.69) is 10.4 Å². The van der Waals surface area contributed by atoms with Crippen LogP contribution in [0.5, 0.6) is 0 Å². The molecule has 0 spiro atoms. The molecule has 1 aromatic rings. The van der Waals surface area contributed by atoms with Crippen LogP contribution >= 0.6 is 0 Å². The summed E-state index contributed by atoms with van der Waals surface area (Å²) in [6.07, 6.45) is 3.33. The number of carbonyl (C=O) groups is 1. The van der Waals surface area contributed by atoms with Gasteiger partial charge < -0.3 is 15.4 Å². The number of amides is 1. The van der Waals surface area contributed by atoms with Crippen LogP contribution in [0.15, 0.2) is 18.3 Å². The maximum atomic E-state index is 12.3. The highest BCUT2D eigenvalue weighted by Gasteiger charge is 2.29. The molecule has 0 bridgehead atoms. The number of hydrazine groups is 1. The second-order valence-corrected chi connectivity index (χ2v) is 4.02. The second-order valence-electron chi connectivity index (χ2n) is 4.02. The Morgan fingerprint density at radius 1 is 1.71 bits per heavy atom. The van der Waals surface area contributed by atoms with E-state index in [-0.39, 0.29) is 18.6 Å². The number of likely N-dealkylation sites (tertiary alicyclic amines) is 1. The molecule has 6 heteroatoms. The zero-order valence-electron chi connectivity index (χ0n) is 9.47. The maximum Gasteiger partial charge on any atom is 0.257 e. The normalized spacial score (nSPS) is 19.4. The van der Waals surface area contributed by atoms with Crippen LogP contribution in [0.3, 0.4) is 0 Å². The zero-order valence-corrected chi connectivity index (χ0v) is 9.47. The Hall–Kier alpha value is -1.66. The molecule has 17 heavy (non-hydrogen) atoms. The molecule has 92 valence electrons. The summed E-state index contributed by atoms with van der Waals surface area (Å²) in [7, 11) is 0. The van der Waals surface area contributed by atoms with Gasteiger partial charge in [-0.15, -0.1) is 0 Å². The monoisotopic (exact) mass is 236 g/mol. The molecule has 2 rings (SSSR count). The predicted molar refractivity (Wildman–Crippen MR) is 63.2 cm³/mol. The van der Waals surface area contributed by atoms with Crippen LogP contribution in [-0.4, -0.2) is 40.1 Å². The van der Waals surface area contributed by atoms with Gasteiger partial charge in [0.05, 0.1) is 18.2 Å². The minimum Gasteiger partial charge on any atom is -0.394 e. The van der Waals surface area contributed by atoms with Crippen molar-refractivity contribution in [3.05, 3.63) is 23.9 Å². The molecular formula is C11H16N4O2. The molecule has 0 radical (unpaired) electrons. The fraction of sp³-hybridized carbons (Fsp3) is 0.455. The van der Waals surface area contributed by atoms with E-state index in [0.29, 0.717) is 17.9 Å². The number of hydrogen-bond acceptors (Lipinski definition) is 5. The molecule has 0 aromatic carbocycles. The number of nitrogen functional groups attached to an aromatic ring is 1. The quantitative estimate of drug-likeness (QED) is 0.506. The Labute approximate surface area is 99.4 Å². The number of anilines is 1. The number of nitrogens with one attached hydrogen (secondary N) is 1. The summed E-state index contributed by atoms with van der Waals surface area (Å²) in [5.74, 6) is 5.55. The molecular weight excluding hydrogens is 220 g/mol. The van der Waals surface area contributed by atoms with Gasteiger partial charge in [0.25, 0.3) is 5.91 Å². The van der Waals surface area contributed by atoms with E-state index in [1.807, 2.05) is 0 Å². The average Bonchev–Trinajstić information content (AvgIpc) is 2.86. The predicted octanol–water partition coefficient (Wildman–Crippen LogP) is -0.0359.